The zero-order valence-corrected chi connectivity index (χ0v) is 9.85. The van der Waals surface area contributed by atoms with E-state index in [4.69, 9.17) is 0 Å². The van der Waals surface area contributed by atoms with E-state index in [2.05, 4.69) is 17.6 Å². The number of amides is 1. The van der Waals surface area contributed by atoms with E-state index in [1.54, 1.807) is 0 Å². The highest BCUT2D eigenvalue weighted by Gasteiger charge is 2.15. The summed E-state index contributed by atoms with van der Waals surface area (Å²) >= 11 is 0. The molecule has 2 N–H and O–H groups in total. The minimum absolute atomic E-state index is 0.234. The molecule has 1 heterocycles. The van der Waals surface area contributed by atoms with Gasteiger partial charge in [0.25, 0.3) is 0 Å². The van der Waals surface area contributed by atoms with Crippen LogP contribution in [0.3, 0.4) is 0 Å². The molecule has 1 saturated heterocycles. The molecule has 1 unspecified atom stereocenters. The lowest BCUT2D eigenvalue weighted by Gasteiger charge is -2.08. The van der Waals surface area contributed by atoms with Crippen molar-refractivity contribution in [2.24, 2.45) is 5.92 Å². The van der Waals surface area contributed by atoms with Crippen LogP contribution < -0.4 is 10.6 Å². The lowest BCUT2D eigenvalue weighted by Crippen LogP contribution is -2.25. The minimum atomic E-state index is 0.234. The fraction of sp³-hybridized carbons (Fsp3) is 0.917. The van der Waals surface area contributed by atoms with Gasteiger partial charge in [-0.1, -0.05) is 19.8 Å². The molecule has 0 aromatic rings. The molecule has 1 rings (SSSR count). The molecule has 1 aliphatic heterocycles. The molecule has 1 atom stereocenters. The number of carbonyl (C=O) groups excluding carboxylic acids is 1. The van der Waals surface area contributed by atoms with Crippen molar-refractivity contribution in [3.8, 4) is 0 Å². The highest BCUT2D eigenvalue weighted by atomic mass is 16.1. The normalized spacial score (nSPS) is 20.5. The number of hydrogen-bond donors (Lipinski definition) is 2. The fourth-order valence-electron chi connectivity index (χ4n) is 1.99. The Labute approximate surface area is 93.0 Å². The summed E-state index contributed by atoms with van der Waals surface area (Å²) in [5.41, 5.74) is 0. The summed E-state index contributed by atoms with van der Waals surface area (Å²) in [6.07, 6.45) is 6.54. The SMILES string of the molecule is CCCCCNC(=O)CCC1CCNC1. The van der Waals surface area contributed by atoms with Crippen LogP contribution in [0.4, 0.5) is 0 Å². The van der Waals surface area contributed by atoms with Crippen LogP contribution in [0.1, 0.15) is 45.4 Å². The van der Waals surface area contributed by atoms with Crippen LogP contribution in [0.5, 0.6) is 0 Å². The number of nitrogens with one attached hydrogen (secondary N) is 2. The third-order valence-corrected chi connectivity index (χ3v) is 3.04. The van der Waals surface area contributed by atoms with Gasteiger partial charge in [0.1, 0.15) is 0 Å². The second-order valence-electron chi connectivity index (χ2n) is 4.45. The molecule has 0 bridgehead atoms. The Kier molecular flexibility index (Phi) is 6.41. The smallest absolute Gasteiger partial charge is 0.220 e. The molecule has 0 spiro atoms. The molecule has 0 aliphatic carbocycles. The Morgan fingerprint density at radius 2 is 2.33 bits per heavy atom. The second-order valence-corrected chi connectivity index (χ2v) is 4.45. The summed E-state index contributed by atoms with van der Waals surface area (Å²) in [6, 6.07) is 0. The average Bonchev–Trinajstić information content (AvgIpc) is 2.74. The molecular formula is C12H24N2O. The van der Waals surface area contributed by atoms with Gasteiger partial charge in [0, 0.05) is 13.0 Å². The van der Waals surface area contributed by atoms with Crippen LogP contribution in [-0.4, -0.2) is 25.5 Å². The molecule has 1 aliphatic rings. The van der Waals surface area contributed by atoms with Gasteiger partial charge in [-0.2, -0.15) is 0 Å². The largest absolute Gasteiger partial charge is 0.356 e. The second kappa shape index (κ2) is 7.69. The van der Waals surface area contributed by atoms with Crippen molar-refractivity contribution in [3.63, 3.8) is 0 Å². The van der Waals surface area contributed by atoms with Gasteiger partial charge in [-0.25, -0.2) is 0 Å². The zero-order valence-electron chi connectivity index (χ0n) is 9.85. The third-order valence-electron chi connectivity index (χ3n) is 3.04. The van der Waals surface area contributed by atoms with Crippen LogP contribution in [0.2, 0.25) is 0 Å². The third kappa shape index (κ3) is 5.78. The summed E-state index contributed by atoms with van der Waals surface area (Å²) in [5.74, 6) is 0.962. The van der Waals surface area contributed by atoms with Crippen LogP contribution in [0.15, 0.2) is 0 Å². The summed E-state index contributed by atoms with van der Waals surface area (Å²) in [7, 11) is 0. The molecule has 0 radical (unpaired) electrons. The Hall–Kier alpha value is -0.570. The first kappa shape index (κ1) is 12.5. The fourth-order valence-corrected chi connectivity index (χ4v) is 1.99. The van der Waals surface area contributed by atoms with Crippen molar-refractivity contribution >= 4 is 5.91 Å². The van der Waals surface area contributed by atoms with Crippen LogP contribution in [0, 0.1) is 5.92 Å². The van der Waals surface area contributed by atoms with Crippen molar-refractivity contribution in [1.29, 1.82) is 0 Å². The molecule has 0 aromatic heterocycles. The van der Waals surface area contributed by atoms with Gasteiger partial charge in [0.2, 0.25) is 5.91 Å². The van der Waals surface area contributed by atoms with Crippen LogP contribution in [-0.2, 0) is 4.79 Å². The molecule has 3 nitrogen and oxygen atoms in total. The van der Waals surface area contributed by atoms with E-state index in [9.17, 15) is 4.79 Å². The highest BCUT2D eigenvalue weighted by molar-refractivity contribution is 5.75. The molecule has 88 valence electrons. The molecule has 0 aromatic carbocycles. The van der Waals surface area contributed by atoms with E-state index in [-0.39, 0.29) is 5.91 Å². The zero-order chi connectivity index (χ0) is 10.9. The van der Waals surface area contributed by atoms with Gasteiger partial charge in [0.15, 0.2) is 0 Å². The maximum Gasteiger partial charge on any atom is 0.220 e. The lowest BCUT2D eigenvalue weighted by atomic mass is 10.0. The minimum Gasteiger partial charge on any atom is -0.356 e. The van der Waals surface area contributed by atoms with E-state index in [1.165, 1.54) is 19.3 Å². The quantitative estimate of drug-likeness (QED) is 0.630. The van der Waals surface area contributed by atoms with Gasteiger partial charge < -0.3 is 10.6 Å². The van der Waals surface area contributed by atoms with E-state index < -0.39 is 0 Å². The molecule has 1 fully saturated rings. The molecule has 1 amide bonds. The average molecular weight is 212 g/mol. The number of unbranched alkanes of at least 4 members (excludes halogenated alkanes) is 2. The first-order valence-corrected chi connectivity index (χ1v) is 6.30. The van der Waals surface area contributed by atoms with Gasteiger partial charge >= 0.3 is 0 Å². The van der Waals surface area contributed by atoms with Crippen molar-refractivity contribution in [2.75, 3.05) is 19.6 Å². The van der Waals surface area contributed by atoms with E-state index in [1.807, 2.05) is 0 Å². The van der Waals surface area contributed by atoms with Gasteiger partial charge in [0.05, 0.1) is 0 Å². The summed E-state index contributed by atoms with van der Waals surface area (Å²) in [5, 5.41) is 6.31. The molecule has 15 heavy (non-hydrogen) atoms. The lowest BCUT2D eigenvalue weighted by molar-refractivity contribution is -0.121. The maximum absolute atomic E-state index is 11.4. The summed E-state index contributed by atoms with van der Waals surface area (Å²) in [6.45, 7) is 5.26. The van der Waals surface area contributed by atoms with Crippen molar-refractivity contribution < 1.29 is 4.79 Å². The Morgan fingerprint density at radius 3 is 3.00 bits per heavy atom. The summed E-state index contributed by atoms with van der Waals surface area (Å²) < 4.78 is 0. The standard InChI is InChI=1S/C12H24N2O/c1-2-3-4-8-14-12(15)6-5-11-7-9-13-10-11/h11,13H,2-10H2,1H3,(H,14,15). The highest BCUT2D eigenvalue weighted by Crippen LogP contribution is 2.13. The number of hydrogen-bond acceptors (Lipinski definition) is 2. The molecular weight excluding hydrogens is 188 g/mol. The molecule has 3 heteroatoms. The Bertz CT molecular complexity index is 176. The molecule has 0 saturated carbocycles. The van der Waals surface area contributed by atoms with Crippen LogP contribution >= 0.6 is 0 Å². The topological polar surface area (TPSA) is 41.1 Å². The van der Waals surface area contributed by atoms with E-state index in [0.717, 1.165) is 38.4 Å². The van der Waals surface area contributed by atoms with Gasteiger partial charge in [-0.3, -0.25) is 4.79 Å². The predicted octanol–water partition coefficient (Wildman–Crippen LogP) is 1.68. The Morgan fingerprint density at radius 1 is 1.47 bits per heavy atom. The Balaban J connectivity index is 1.93. The first-order chi connectivity index (χ1) is 7.33. The monoisotopic (exact) mass is 212 g/mol. The van der Waals surface area contributed by atoms with Crippen LogP contribution in [0.25, 0.3) is 0 Å². The number of rotatable bonds is 7. The van der Waals surface area contributed by atoms with Crippen molar-refractivity contribution in [3.05, 3.63) is 0 Å². The van der Waals surface area contributed by atoms with E-state index >= 15 is 0 Å². The summed E-state index contributed by atoms with van der Waals surface area (Å²) in [4.78, 5) is 11.4. The van der Waals surface area contributed by atoms with Crippen molar-refractivity contribution in [1.82, 2.24) is 10.6 Å². The first-order valence-electron chi connectivity index (χ1n) is 6.30. The maximum atomic E-state index is 11.4. The van der Waals surface area contributed by atoms with Gasteiger partial charge in [-0.05, 0) is 38.3 Å². The number of carbonyl (C=O) groups is 1. The van der Waals surface area contributed by atoms with Crippen molar-refractivity contribution in [2.45, 2.75) is 45.4 Å². The predicted molar refractivity (Wildman–Crippen MR) is 62.7 cm³/mol. The van der Waals surface area contributed by atoms with E-state index in [0.29, 0.717) is 6.42 Å². The van der Waals surface area contributed by atoms with Gasteiger partial charge in [-0.15, -0.1) is 0 Å².